The van der Waals surface area contributed by atoms with Crippen LogP contribution in [0, 0.1) is 27.2 Å². The van der Waals surface area contributed by atoms with Crippen LogP contribution in [0.5, 0.6) is 11.5 Å². The molecule has 0 unspecified atom stereocenters. The SMILES string of the molecule is CC1(Oc2ccc([N+](=O)[O-])c(Br)c2)CC1.Cc1cc(OC2(C)CC2)ccc1[N+](=O)[O-]. The minimum Gasteiger partial charge on any atom is -0.488 e. The maximum absolute atomic E-state index is 10.6. The van der Waals surface area contributed by atoms with Crippen molar-refractivity contribution in [3.8, 4) is 11.5 Å². The zero-order chi connectivity index (χ0) is 22.1. The lowest BCUT2D eigenvalue weighted by Gasteiger charge is -2.12. The lowest BCUT2D eigenvalue weighted by atomic mass is 10.2. The van der Waals surface area contributed by atoms with Gasteiger partial charge >= 0.3 is 0 Å². The number of hydrogen-bond acceptors (Lipinski definition) is 6. The molecule has 0 aliphatic heterocycles. The van der Waals surface area contributed by atoms with Gasteiger partial charge in [-0.2, -0.15) is 0 Å². The maximum atomic E-state index is 10.6. The molecule has 30 heavy (non-hydrogen) atoms. The minimum atomic E-state index is -0.424. The molecule has 0 saturated heterocycles. The number of nitrogens with zero attached hydrogens (tertiary/aromatic N) is 2. The summed E-state index contributed by atoms with van der Waals surface area (Å²) in [4.78, 5) is 20.4. The van der Waals surface area contributed by atoms with Crippen LogP contribution in [0.2, 0.25) is 0 Å². The van der Waals surface area contributed by atoms with Crippen LogP contribution in [0.15, 0.2) is 40.9 Å². The molecule has 4 rings (SSSR count). The normalized spacial score (nSPS) is 17.2. The summed E-state index contributed by atoms with van der Waals surface area (Å²) in [5, 5.41) is 21.2. The van der Waals surface area contributed by atoms with Gasteiger partial charge in [-0.25, -0.2) is 0 Å². The second-order valence-electron chi connectivity index (χ2n) is 8.18. The van der Waals surface area contributed by atoms with Crippen LogP contribution < -0.4 is 9.47 Å². The third-order valence-corrected chi connectivity index (χ3v) is 5.75. The van der Waals surface area contributed by atoms with Gasteiger partial charge in [0.1, 0.15) is 22.7 Å². The van der Waals surface area contributed by atoms with E-state index >= 15 is 0 Å². The summed E-state index contributed by atoms with van der Waals surface area (Å²) in [5.74, 6) is 1.39. The largest absolute Gasteiger partial charge is 0.488 e. The maximum Gasteiger partial charge on any atom is 0.283 e. The Balaban J connectivity index is 0.000000171. The molecule has 9 heteroatoms. The van der Waals surface area contributed by atoms with Crippen molar-refractivity contribution in [1.29, 1.82) is 0 Å². The number of rotatable bonds is 6. The van der Waals surface area contributed by atoms with E-state index in [0.717, 1.165) is 31.4 Å². The van der Waals surface area contributed by atoms with E-state index in [0.29, 0.717) is 15.8 Å². The van der Waals surface area contributed by atoms with Crippen LogP contribution in [0.25, 0.3) is 0 Å². The molecule has 0 aromatic heterocycles. The standard InChI is InChI=1S/C11H13NO3.C10H10BrNO3/c1-8-7-9(15-11(2)5-6-11)3-4-10(8)12(13)14;1-10(4-5-10)15-7-2-3-9(12(13)14)8(11)6-7/h3-4,7H,5-6H2,1-2H3;2-3,6H,4-5H2,1H3. The molecule has 2 aliphatic carbocycles. The monoisotopic (exact) mass is 478 g/mol. The predicted molar refractivity (Wildman–Crippen MR) is 115 cm³/mol. The Hall–Kier alpha value is -2.68. The lowest BCUT2D eigenvalue weighted by Crippen LogP contribution is -2.12. The van der Waals surface area contributed by atoms with Gasteiger partial charge < -0.3 is 9.47 Å². The van der Waals surface area contributed by atoms with Crippen molar-refractivity contribution in [3.05, 3.63) is 66.7 Å². The minimum absolute atomic E-state index is 0.0391. The van der Waals surface area contributed by atoms with Gasteiger partial charge in [-0.1, -0.05) is 0 Å². The van der Waals surface area contributed by atoms with Gasteiger partial charge in [0.05, 0.1) is 14.3 Å². The van der Waals surface area contributed by atoms with Crippen LogP contribution in [-0.2, 0) is 0 Å². The fourth-order valence-electron chi connectivity index (χ4n) is 2.72. The van der Waals surface area contributed by atoms with Gasteiger partial charge in [-0.05, 0) is 80.6 Å². The first-order chi connectivity index (χ1) is 14.0. The Bertz CT molecular complexity index is 906. The fourth-order valence-corrected chi connectivity index (χ4v) is 3.22. The van der Waals surface area contributed by atoms with E-state index in [1.165, 1.54) is 12.1 Å². The quantitative estimate of drug-likeness (QED) is 0.365. The molecule has 0 bridgehead atoms. The highest BCUT2D eigenvalue weighted by atomic mass is 79.9. The lowest BCUT2D eigenvalue weighted by molar-refractivity contribution is -0.385. The van der Waals surface area contributed by atoms with E-state index in [-0.39, 0.29) is 27.5 Å². The summed E-state index contributed by atoms with van der Waals surface area (Å²) >= 11 is 3.15. The number of aryl methyl sites for hydroxylation is 1. The van der Waals surface area contributed by atoms with Crippen LogP contribution in [-0.4, -0.2) is 21.0 Å². The van der Waals surface area contributed by atoms with Gasteiger partial charge in [0.25, 0.3) is 11.4 Å². The Morgan fingerprint density at radius 2 is 1.27 bits per heavy atom. The Morgan fingerprint density at radius 1 is 0.833 bits per heavy atom. The zero-order valence-corrected chi connectivity index (χ0v) is 18.6. The van der Waals surface area contributed by atoms with Crippen molar-refractivity contribution < 1.29 is 19.3 Å². The Labute approximate surface area is 182 Å². The molecular formula is C21H23BrN2O6. The molecule has 0 atom stereocenters. The van der Waals surface area contributed by atoms with E-state index in [1.807, 2.05) is 13.8 Å². The van der Waals surface area contributed by atoms with Gasteiger partial charge in [-0.3, -0.25) is 20.2 Å². The van der Waals surface area contributed by atoms with Crippen molar-refractivity contribution in [3.63, 3.8) is 0 Å². The molecule has 2 fully saturated rings. The van der Waals surface area contributed by atoms with Crippen LogP contribution in [0.4, 0.5) is 11.4 Å². The Kier molecular flexibility index (Phi) is 6.03. The molecule has 0 amide bonds. The Morgan fingerprint density at radius 3 is 1.63 bits per heavy atom. The number of ether oxygens (including phenoxy) is 2. The first-order valence-electron chi connectivity index (χ1n) is 9.57. The molecule has 0 N–H and O–H groups in total. The molecule has 2 aromatic rings. The van der Waals surface area contributed by atoms with E-state index in [1.54, 1.807) is 31.2 Å². The predicted octanol–water partition coefficient (Wildman–Crippen LogP) is 6.12. The molecule has 0 heterocycles. The van der Waals surface area contributed by atoms with E-state index in [9.17, 15) is 20.2 Å². The first kappa shape index (κ1) is 22.0. The molecular weight excluding hydrogens is 456 g/mol. The average Bonchev–Trinajstić information content (AvgIpc) is 3.55. The third-order valence-electron chi connectivity index (χ3n) is 5.12. The molecule has 160 valence electrons. The van der Waals surface area contributed by atoms with E-state index in [4.69, 9.17) is 9.47 Å². The van der Waals surface area contributed by atoms with Crippen molar-refractivity contribution in [2.75, 3.05) is 0 Å². The average molecular weight is 479 g/mol. The molecule has 0 spiro atoms. The number of nitro groups is 2. The topological polar surface area (TPSA) is 105 Å². The second-order valence-corrected chi connectivity index (χ2v) is 9.03. The number of benzene rings is 2. The zero-order valence-electron chi connectivity index (χ0n) is 17.0. The number of nitro benzene ring substituents is 2. The van der Waals surface area contributed by atoms with Crippen molar-refractivity contribution >= 4 is 27.3 Å². The highest BCUT2D eigenvalue weighted by Crippen LogP contribution is 2.41. The highest BCUT2D eigenvalue weighted by Gasteiger charge is 2.40. The smallest absolute Gasteiger partial charge is 0.283 e. The summed E-state index contributed by atoms with van der Waals surface area (Å²) < 4.78 is 11.8. The van der Waals surface area contributed by atoms with Gasteiger partial charge in [-0.15, -0.1) is 0 Å². The molecule has 8 nitrogen and oxygen atoms in total. The summed E-state index contributed by atoms with van der Waals surface area (Å²) in [6.45, 7) is 5.80. The summed E-state index contributed by atoms with van der Waals surface area (Å²) in [5.41, 5.74) is 0.742. The second kappa shape index (κ2) is 8.22. The molecule has 2 saturated carbocycles. The highest BCUT2D eigenvalue weighted by molar-refractivity contribution is 9.10. The molecule has 2 aromatic carbocycles. The van der Waals surface area contributed by atoms with E-state index in [2.05, 4.69) is 15.9 Å². The van der Waals surface area contributed by atoms with Crippen LogP contribution in [0.3, 0.4) is 0 Å². The first-order valence-corrected chi connectivity index (χ1v) is 10.4. The van der Waals surface area contributed by atoms with Crippen molar-refractivity contribution in [2.24, 2.45) is 0 Å². The molecule has 0 radical (unpaired) electrons. The van der Waals surface area contributed by atoms with Crippen molar-refractivity contribution in [2.45, 2.75) is 57.7 Å². The van der Waals surface area contributed by atoms with Gasteiger partial charge in [0.15, 0.2) is 0 Å². The van der Waals surface area contributed by atoms with E-state index < -0.39 is 4.92 Å². The number of halogens is 1. The number of hydrogen-bond donors (Lipinski definition) is 0. The summed E-state index contributed by atoms with van der Waals surface area (Å²) in [7, 11) is 0. The van der Waals surface area contributed by atoms with Gasteiger partial charge in [0.2, 0.25) is 0 Å². The van der Waals surface area contributed by atoms with Crippen molar-refractivity contribution in [1.82, 2.24) is 0 Å². The molecule has 2 aliphatic rings. The fraction of sp³-hybridized carbons (Fsp3) is 0.429. The third kappa shape index (κ3) is 5.69. The van der Waals surface area contributed by atoms with Crippen LogP contribution >= 0.6 is 15.9 Å². The summed E-state index contributed by atoms with van der Waals surface area (Å²) in [6.07, 6.45) is 4.20. The van der Waals surface area contributed by atoms with Crippen LogP contribution in [0.1, 0.15) is 45.1 Å². The van der Waals surface area contributed by atoms with Gasteiger partial charge in [0, 0.05) is 23.8 Å². The summed E-state index contributed by atoms with van der Waals surface area (Å²) in [6, 6.07) is 9.60.